The van der Waals surface area contributed by atoms with Gasteiger partial charge >= 0.3 is 0 Å². The third-order valence-corrected chi connectivity index (χ3v) is 15.5. The lowest BCUT2D eigenvalue weighted by Gasteiger charge is -2.27. The highest BCUT2D eigenvalue weighted by Gasteiger charge is 2.22. The lowest BCUT2D eigenvalue weighted by Crippen LogP contribution is -2.11. The van der Waals surface area contributed by atoms with Crippen molar-refractivity contribution in [2.24, 2.45) is 0 Å². The van der Waals surface area contributed by atoms with Crippen LogP contribution >= 0.6 is 0 Å². The zero-order valence-corrected chi connectivity index (χ0v) is 86.2. The topological polar surface area (TPSA) is 87.1 Å². The van der Waals surface area contributed by atoms with E-state index in [4.69, 9.17) is 19.9 Å². The average Bonchev–Trinajstić information content (AvgIpc) is 1.61. The van der Waals surface area contributed by atoms with Gasteiger partial charge in [-0.05, 0) is 142 Å². The molecule has 0 spiro atoms. The summed E-state index contributed by atoms with van der Waals surface area (Å²) in [4.78, 5) is 35.4. The molecule has 0 amide bonds. The van der Waals surface area contributed by atoms with Crippen LogP contribution in [0.3, 0.4) is 0 Å². The second-order valence-electron chi connectivity index (χ2n) is 21.5. The summed E-state index contributed by atoms with van der Waals surface area (Å²) in [5.41, 5.74) is 18.8. The molecule has 0 bridgehead atoms. The molecule has 3 heterocycles. The van der Waals surface area contributed by atoms with Gasteiger partial charge in [0, 0.05) is 78.4 Å². The lowest BCUT2D eigenvalue weighted by molar-refractivity contribution is 1.09. The second-order valence-corrected chi connectivity index (χ2v) is 21.5. The minimum absolute atomic E-state index is 0.735. The van der Waals surface area contributed by atoms with Gasteiger partial charge in [-0.15, -0.1) is 0 Å². The average molecular weight is 1700 g/mol. The van der Waals surface area contributed by atoms with Crippen LogP contribution < -0.4 is 14.7 Å². The Balaban J connectivity index is -0.000000362. The van der Waals surface area contributed by atoms with Gasteiger partial charge in [0.1, 0.15) is 11.6 Å². The fourth-order valence-corrected chi connectivity index (χ4v) is 11.4. The second kappa shape index (κ2) is 85.2. The summed E-state index contributed by atoms with van der Waals surface area (Å²) >= 11 is 0. The maximum Gasteiger partial charge on any atom is 0.162 e. The normalized spacial score (nSPS) is 8.60. The number of hydrogen-bond donors (Lipinski definition) is 0. The van der Waals surface area contributed by atoms with Crippen molar-refractivity contribution in [3.05, 3.63) is 345 Å². The number of fused-ring (bicyclic) bond motifs is 3. The molecule has 0 unspecified atom stereocenters. The summed E-state index contributed by atoms with van der Waals surface area (Å²) in [7, 11) is 0. The monoisotopic (exact) mass is 1700 g/mol. The Bertz CT molecular complexity index is 4760. The Kier molecular flexibility index (Phi) is 84.5. The summed E-state index contributed by atoms with van der Waals surface area (Å²) < 4.78 is 0. The minimum Gasteiger partial charge on any atom is -0.310 e. The van der Waals surface area contributed by atoms with Crippen LogP contribution in [0.25, 0.3) is 66.6 Å². The number of para-hydroxylation sites is 11. The van der Waals surface area contributed by atoms with Crippen molar-refractivity contribution in [2.45, 2.75) is 270 Å². The SMILES string of the molecule is CC.CC.CC.CC.CC.CC.CC.CC.CC.CC.CC.CC.CC.CC.CC.CC.CC.CC.Cc1nc(-c2cccc(N(c3ccccc3)c3ccccc3)c2)c2ccccc2n1.Cc1nc(-c2ccccc2N(c2ccccc2)c2ccccc2)c2ccccc2n1.Cc1nc(-c2ccccc2N(c2ccccc2)c2ccccc2)nc2ccccc12. The van der Waals surface area contributed by atoms with E-state index in [2.05, 4.69) is 255 Å². The molecule has 9 heteroatoms. The number of anilines is 9. The summed E-state index contributed by atoms with van der Waals surface area (Å²) in [5.74, 6) is 2.28. The number of hydrogen-bond acceptors (Lipinski definition) is 9. The molecule has 15 rings (SSSR count). The quantitative estimate of drug-likeness (QED) is 0.119. The van der Waals surface area contributed by atoms with Gasteiger partial charge in [0.2, 0.25) is 0 Å². The van der Waals surface area contributed by atoms with Crippen LogP contribution in [0.15, 0.2) is 328 Å². The molecule has 126 heavy (non-hydrogen) atoms. The lowest BCUT2D eigenvalue weighted by atomic mass is 10.0. The Morgan fingerprint density at radius 3 is 0.746 bits per heavy atom. The molecule has 0 aliphatic heterocycles. The van der Waals surface area contributed by atoms with Gasteiger partial charge in [0.15, 0.2) is 5.82 Å². The Labute approximate surface area is 772 Å². The van der Waals surface area contributed by atoms with Crippen molar-refractivity contribution in [2.75, 3.05) is 14.7 Å². The number of aryl methyl sites for hydroxylation is 3. The molecule has 0 saturated heterocycles. The highest BCUT2D eigenvalue weighted by atomic mass is 15.2. The summed E-state index contributed by atoms with van der Waals surface area (Å²) in [6, 6.07) is 112. The fourth-order valence-electron chi connectivity index (χ4n) is 11.4. The molecule has 684 valence electrons. The number of benzene rings is 12. The molecular weight excluding hydrogens is 1530 g/mol. The molecule has 0 aliphatic rings. The predicted molar refractivity (Wildman–Crippen MR) is 577 cm³/mol. The number of nitrogens with zero attached hydrogens (tertiary/aromatic N) is 9. The first kappa shape index (κ1) is 125. The van der Waals surface area contributed by atoms with Gasteiger partial charge in [-0.3, -0.25) is 0 Å². The first-order valence-corrected chi connectivity index (χ1v) is 48.1. The van der Waals surface area contributed by atoms with E-state index in [1.807, 2.05) is 367 Å². The van der Waals surface area contributed by atoms with Crippen molar-refractivity contribution >= 4 is 83.9 Å². The standard InChI is InChI=1S/3C27H21N3.18C2H6/c1-20-28-25-18-10-8-16-23(25)27(29-20)24-17-9-11-19-26(24)30(21-12-4-2-5-13-21)22-14-6-3-7-15-22;1-20-23-16-8-10-18-25(23)29-27(28-20)24-17-9-11-19-26(24)30(21-12-4-2-5-13-21)22-14-6-3-7-15-22;1-20-28-26-18-9-8-17-25(26)27(29-20)21-11-10-16-24(19-21)30(22-12-4-2-5-13-22)23-14-6-3-7-15-23;18*1-2/h3*2-19H,1H3;18*1-2H3. The molecule has 0 fully saturated rings. The zero-order valence-electron chi connectivity index (χ0n) is 86.2. The van der Waals surface area contributed by atoms with Crippen LogP contribution in [-0.4, -0.2) is 29.9 Å². The Hall–Kier alpha value is -11.9. The number of aromatic nitrogens is 6. The number of rotatable bonds is 12. The molecule has 12 aromatic carbocycles. The van der Waals surface area contributed by atoms with Crippen LogP contribution in [0.1, 0.15) is 267 Å². The molecule has 0 aliphatic carbocycles. The van der Waals surface area contributed by atoms with Gasteiger partial charge in [-0.25, -0.2) is 29.9 Å². The molecule has 0 radical (unpaired) electrons. The van der Waals surface area contributed by atoms with Gasteiger partial charge in [0.05, 0.1) is 39.3 Å². The first-order valence-electron chi connectivity index (χ1n) is 48.1. The van der Waals surface area contributed by atoms with E-state index in [1.165, 1.54) is 0 Å². The largest absolute Gasteiger partial charge is 0.310 e. The maximum atomic E-state index is 4.90. The van der Waals surface area contributed by atoms with Crippen molar-refractivity contribution < 1.29 is 0 Å². The Morgan fingerprint density at radius 1 is 0.175 bits per heavy atom. The van der Waals surface area contributed by atoms with E-state index in [-0.39, 0.29) is 0 Å². The molecule has 3 aromatic heterocycles. The van der Waals surface area contributed by atoms with Gasteiger partial charge < -0.3 is 14.7 Å². The van der Waals surface area contributed by atoms with Crippen molar-refractivity contribution in [1.82, 2.24) is 29.9 Å². The van der Waals surface area contributed by atoms with Crippen LogP contribution in [0.4, 0.5) is 51.2 Å². The van der Waals surface area contributed by atoms with Crippen molar-refractivity contribution in [3.8, 4) is 33.9 Å². The highest BCUT2D eigenvalue weighted by molar-refractivity contribution is 5.99. The van der Waals surface area contributed by atoms with E-state index < -0.39 is 0 Å². The first-order chi connectivity index (χ1) is 62.4. The maximum absolute atomic E-state index is 4.90. The molecule has 9 nitrogen and oxygen atoms in total. The minimum atomic E-state index is 0.735. The van der Waals surface area contributed by atoms with Gasteiger partial charge in [0.25, 0.3) is 0 Å². The van der Waals surface area contributed by atoms with E-state index in [0.29, 0.717) is 0 Å². The van der Waals surface area contributed by atoms with Crippen LogP contribution in [0.2, 0.25) is 0 Å². The molecule has 0 N–H and O–H groups in total. The third-order valence-electron chi connectivity index (χ3n) is 15.5. The van der Waals surface area contributed by atoms with Crippen molar-refractivity contribution in [1.29, 1.82) is 0 Å². The van der Waals surface area contributed by atoms with Crippen molar-refractivity contribution in [3.63, 3.8) is 0 Å². The molecule has 0 saturated carbocycles. The molecule has 0 atom stereocenters. The summed E-state index contributed by atoms with van der Waals surface area (Å²) in [6.45, 7) is 77.9. The highest BCUT2D eigenvalue weighted by Crippen LogP contribution is 2.44. The summed E-state index contributed by atoms with van der Waals surface area (Å²) in [5, 5.41) is 3.20. The fraction of sp³-hybridized carbons (Fsp3) is 0.333. The Morgan fingerprint density at radius 2 is 0.413 bits per heavy atom. The molecule has 15 aromatic rings. The summed E-state index contributed by atoms with van der Waals surface area (Å²) in [6.07, 6.45) is 0. The van der Waals surface area contributed by atoms with E-state index in [0.717, 1.165) is 135 Å². The third kappa shape index (κ3) is 40.4. The van der Waals surface area contributed by atoms with Crippen LogP contribution in [0, 0.1) is 20.8 Å². The van der Waals surface area contributed by atoms with Crippen LogP contribution in [-0.2, 0) is 0 Å². The van der Waals surface area contributed by atoms with Crippen LogP contribution in [0.5, 0.6) is 0 Å². The van der Waals surface area contributed by atoms with Gasteiger partial charge in [-0.1, -0.05) is 456 Å². The van der Waals surface area contributed by atoms with E-state index in [1.54, 1.807) is 0 Å². The van der Waals surface area contributed by atoms with Gasteiger partial charge in [-0.2, -0.15) is 0 Å². The zero-order chi connectivity index (χ0) is 97.0. The smallest absolute Gasteiger partial charge is 0.162 e. The van der Waals surface area contributed by atoms with E-state index in [9.17, 15) is 0 Å². The molecular formula is C117H171N9. The predicted octanol–water partition coefficient (Wildman–Crippen LogP) is 39.7. The van der Waals surface area contributed by atoms with E-state index >= 15 is 0 Å².